The molecule has 1 saturated heterocycles. The normalized spacial score (nSPS) is 20.2. The van der Waals surface area contributed by atoms with Crippen molar-refractivity contribution >= 4 is 27.6 Å². The lowest BCUT2D eigenvalue weighted by Crippen LogP contribution is -2.54. The van der Waals surface area contributed by atoms with Gasteiger partial charge in [0.1, 0.15) is 18.0 Å². The second kappa shape index (κ2) is 8.96. The molecule has 12 heteroatoms. The predicted molar refractivity (Wildman–Crippen MR) is 109 cm³/mol. The average molecular weight is 440 g/mol. The van der Waals surface area contributed by atoms with Crippen LogP contribution in [0.5, 0.6) is 0 Å². The van der Waals surface area contributed by atoms with E-state index >= 15 is 0 Å². The summed E-state index contributed by atoms with van der Waals surface area (Å²) in [4.78, 5) is 17.7. The Labute approximate surface area is 173 Å². The third-order valence-corrected chi connectivity index (χ3v) is 5.59. The molecule has 0 radical (unpaired) electrons. The van der Waals surface area contributed by atoms with Crippen LogP contribution in [0.1, 0.15) is 25.6 Å². The zero-order valence-corrected chi connectivity index (χ0v) is 17.4. The van der Waals surface area contributed by atoms with Crippen LogP contribution in [-0.4, -0.2) is 65.4 Å². The summed E-state index contributed by atoms with van der Waals surface area (Å²) in [5.74, 6) is 1.02. The van der Waals surface area contributed by atoms with Crippen LogP contribution < -0.4 is 15.0 Å². The Morgan fingerprint density at radius 1 is 1.40 bits per heavy atom. The highest BCUT2D eigenvalue weighted by Crippen LogP contribution is 2.26. The Kier molecular flexibility index (Phi) is 6.56. The molecule has 0 saturated carbocycles. The van der Waals surface area contributed by atoms with Crippen molar-refractivity contribution in [1.29, 1.82) is 0 Å². The van der Waals surface area contributed by atoms with Gasteiger partial charge < -0.3 is 9.88 Å². The Bertz CT molecular complexity index is 1040. The Hall–Kier alpha value is -2.73. The van der Waals surface area contributed by atoms with E-state index in [1.165, 1.54) is 18.6 Å². The first-order valence-electron chi connectivity index (χ1n) is 9.34. The molecule has 3 heterocycles. The number of nitrogens with two attached hydrogens (primary N) is 1. The van der Waals surface area contributed by atoms with Gasteiger partial charge in [0, 0.05) is 30.8 Å². The minimum Gasteiger partial charge on any atom is -0.352 e. The van der Waals surface area contributed by atoms with Gasteiger partial charge in [-0.05, 0) is 25.8 Å². The highest BCUT2D eigenvalue weighted by molar-refractivity contribution is 7.88. The molecule has 9 nitrogen and oxygen atoms in total. The van der Waals surface area contributed by atoms with Crippen molar-refractivity contribution in [3.8, 4) is 11.4 Å². The van der Waals surface area contributed by atoms with E-state index < -0.39 is 22.2 Å². The number of nitrogens with one attached hydrogen (secondary N) is 2. The summed E-state index contributed by atoms with van der Waals surface area (Å²) < 4.78 is 50.9. The molecule has 2 aromatic rings. The van der Waals surface area contributed by atoms with Crippen molar-refractivity contribution in [2.75, 3.05) is 17.7 Å². The van der Waals surface area contributed by atoms with Crippen molar-refractivity contribution < 1.29 is 22.6 Å². The Balaban J connectivity index is 1.79. The van der Waals surface area contributed by atoms with Crippen LogP contribution in [0.4, 0.5) is 14.6 Å². The number of anilines is 1. The summed E-state index contributed by atoms with van der Waals surface area (Å²) in [5, 5.41) is 5.22. The van der Waals surface area contributed by atoms with E-state index in [-0.39, 0.29) is 12.1 Å². The van der Waals surface area contributed by atoms with Gasteiger partial charge in [0.15, 0.2) is 0 Å². The minimum absolute atomic E-state index is 0.0932. The quantitative estimate of drug-likeness (QED) is 0.530. The third kappa shape index (κ3) is 5.45. The number of allylic oxidation sites excluding steroid dienone is 1. The van der Waals surface area contributed by atoms with E-state index in [1.807, 2.05) is 11.8 Å². The minimum atomic E-state index is -3.31. The Morgan fingerprint density at radius 3 is 2.87 bits per heavy atom. The maximum atomic E-state index is 12.5. The topological polar surface area (TPSA) is 129 Å². The zero-order valence-electron chi connectivity index (χ0n) is 16.6. The number of alkyl halides is 2. The fourth-order valence-electron chi connectivity index (χ4n) is 3.35. The molecule has 0 spiro atoms. The number of halogens is 2. The summed E-state index contributed by atoms with van der Waals surface area (Å²) in [5.41, 5.74) is 0.612. The molecule has 2 unspecified atom stereocenters. The molecular weight excluding hydrogens is 416 g/mol. The summed E-state index contributed by atoms with van der Waals surface area (Å²) in [6.07, 6.45) is 5.41. The highest BCUT2D eigenvalue weighted by atomic mass is 32.2. The molecule has 30 heavy (non-hydrogen) atoms. The second-order valence-electron chi connectivity index (χ2n) is 7.15. The van der Waals surface area contributed by atoms with Crippen LogP contribution >= 0.6 is 0 Å². The van der Waals surface area contributed by atoms with E-state index in [1.54, 1.807) is 6.07 Å². The van der Waals surface area contributed by atoms with Crippen LogP contribution in [-0.2, 0) is 10.0 Å². The number of sulfonamides is 1. The number of imidazole rings is 1. The van der Waals surface area contributed by atoms with Gasteiger partial charge in [-0.3, -0.25) is 5.41 Å². The molecule has 1 fully saturated rings. The fraction of sp³-hybridized carbons (Fsp3) is 0.444. The first kappa shape index (κ1) is 22.0. The van der Waals surface area contributed by atoms with Gasteiger partial charge >= 0.3 is 6.43 Å². The monoisotopic (exact) mass is 440 g/mol. The number of nitrogens with zero attached hydrogens (tertiary/aromatic N) is 4. The van der Waals surface area contributed by atoms with Crippen LogP contribution in [0, 0.1) is 0 Å². The van der Waals surface area contributed by atoms with Gasteiger partial charge in [0.25, 0.3) is 0 Å². The smallest absolute Gasteiger partial charge is 0.320 e. The Morgan fingerprint density at radius 2 is 2.17 bits per heavy atom. The maximum Gasteiger partial charge on any atom is 0.320 e. The lowest BCUT2D eigenvalue weighted by molar-refractivity contribution is -0.124. The molecule has 4 N–H and O–H groups in total. The molecule has 1 aliphatic heterocycles. The predicted octanol–water partition coefficient (Wildman–Crippen LogP) is 0.252. The van der Waals surface area contributed by atoms with Crippen LogP contribution in [0.15, 0.2) is 24.7 Å². The number of hydrogen-bond donors (Lipinski definition) is 3. The van der Waals surface area contributed by atoms with E-state index in [4.69, 9.17) is 5.41 Å². The van der Waals surface area contributed by atoms with Crippen molar-refractivity contribution in [2.24, 2.45) is 0 Å². The lowest BCUT2D eigenvalue weighted by atomic mass is 9.98. The molecule has 0 aliphatic carbocycles. The molecule has 0 amide bonds. The lowest BCUT2D eigenvalue weighted by Gasteiger charge is -2.40. The number of piperidine rings is 1. The van der Waals surface area contributed by atoms with E-state index in [2.05, 4.69) is 24.7 Å². The largest absolute Gasteiger partial charge is 0.352 e. The molecular formula is C18H24F2N7O2S+. The van der Waals surface area contributed by atoms with Gasteiger partial charge in [-0.25, -0.2) is 28.1 Å². The van der Waals surface area contributed by atoms with Crippen molar-refractivity contribution in [1.82, 2.24) is 24.7 Å². The van der Waals surface area contributed by atoms with Gasteiger partial charge in [0.05, 0.1) is 23.8 Å². The zero-order chi connectivity index (χ0) is 21.9. The molecule has 2 atom stereocenters. The summed E-state index contributed by atoms with van der Waals surface area (Å²) in [6, 6.07) is 1.47. The van der Waals surface area contributed by atoms with Crippen LogP contribution in [0.2, 0.25) is 0 Å². The van der Waals surface area contributed by atoms with Crippen molar-refractivity contribution in [3.05, 3.63) is 30.5 Å². The number of H-pyrrole nitrogens is 1. The van der Waals surface area contributed by atoms with E-state index in [9.17, 15) is 17.2 Å². The summed E-state index contributed by atoms with van der Waals surface area (Å²) in [7, 11) is -3.31. The number of aromatic amines is 1. The third-order valence-electron chi connectivity index (χ3n) is 4.86. The molecule has 3 rings (SSSR count). The van der Waals surface area contributed by atoms with Crippen LogP contribution in [0.25, 0.3) is 17.5 Å². The first-order chi connectivity index (χ1) is 14.1. The fourth-order valence-corrected chi connectivity index (χ4v) is 4.21. The summed E-state index contributed by atoms with van der Waals surface area (Å²) >= 11 is 0. The SMILES string of the molecule is CC1C(NS(C)(=O)=O)CCCN1c1cc(-c2cnc(/C=C\C(=[NH2+])C(F)F)[nH]2)ncn1. The summed E-state index contributed by atoms with van der Waals surface area (Å²) in [6.45, 7) is 2.69. The van der Waals surface area contributed by atoms with Crippen molar-refractivity contribution in [3.63, 3.8) is 0 Å². The second-order valence-corrected chi connectivity index (χ2v) is 8.93. The number of hydrogen-bond acceptors (Lipinski definition) is 6. The molecule has 1 aliphatic rings. The van der Waals surface area contributed by atoms with Gasteiger partial charge in [-0.2, -0.15) is 8.78 Å². The molecule has 2 aromatic heterocycles. The standard InChI is InChI=1S/C18H23F2N7O2S/c1-11-13(26-30(2,28)29)4-3-7-27(11)17-8-14(23-10-24-17)15-9-22-16(25-15)6-5-12(21)18(19)20/h5-6,8-11,13,18,21,26H,3-4,7H2,1-2H3,(H,22,25)/p+1/b6-5-,21-12?. The molecule has 162 valence electrons. The molecule has 0 bridgehead atoms. The first-order valence-corrected chi connectivity index (χ1v) is 11.2. The van der Waals surface area contributed by atoms with E-state index in [0.29, 0.717) is 23.0 Å². The average Bonchev–Trinajstić information content (AvgIpc) is 3.16. The van der Waals surface area contributed by atoms with E-state index in [0.717, 1.165) is 31.7 Å². The molecule has 0 aromatic carbocycles. The van der Waals surface area contributed by atoms with Crippen molar-refractivity contribution in [2.45, 2.75) is 38.3 Å². The van der Waals surface area contributed by atoms with Gasteiger partial charge in [-0.1, -0.05) is 0 Å². The van der Waals surface area contributed by atoms with Gasteiger partial charge in [-0.15, -0.1) is 0 Å². The van der Waals surface area contributed by atoms with Crippen LogP contribution in [0.3, 0.4) is 0 Å². The highest BCUT2D eigenvalue weighted by Gasteiger charge is 2.30. The number of aromatic nitrogens is 4. The van der Waals surface area contributed by atoms with Gasteiger partial charge in [0.2, 0.25) is 15.7 Å². The maximum absolute atomic E-state index is 12.5. The number of rotatable bonds is 7.